The molecule has 1 aliphatic heterocycles. The van der Waals surface area contributed by atoms with Gasteiger partial charge in [-0.25, -0.2) is 0 Å². The summed E-state index contributed by atoms with van der Waals surface area (Å²) < 4.78 is 0. The summed E-state index contributed by atoms with van der Waals surface area (Å²) in [7, 11) is 0. The number of nitrogens with zero attached hydrogens (tertiary/aromatic N) is 1. The molecule has 0 saturated carbocycles. The van der Waals surface area contributed by atoms with E-state index in [4.69, 9.17) is 0 Å². The van der Waals surface area contributed by atoms with Crippen LogP contribution in [0.4, 0.5) is 0 Å². The van der Waals surface area contributed by atoms with Crippen molar-refractivity contribution < 1.29 is 14.4 Å². The molecule has 0 aromatic rings. The molecular weight excluding hydrogens is 196 g/mol. The van der Waals surface area contributed by atoms with Crippen LogP contribution in [0, 0.1) is 0 Å². The Labute approximate surface area is 88.1 Å². The Morgan fingerprint density at radius 2 is 1.93 bits per heavy atom. The van der Waals surface area contributed by atoms with Crippen molar-refractivity contribution in [1.29, 1.82) is 0 Å². The second-order valence-corrected chi connectivity index (χ2v) is 3.43. The Bertz CT molecular complexity index is 318. The van der Waals surface area contributed by atoms with Gasteiger partial charge in [-0.2, -0.15) is 0 Å². The second-order valence-electron chi connectivity index (χ2n) is 3.43. The van der Waals surface area contributed by atoms with E-state index in [0.717, 1.165) is 6.42 Å². The van der Waals surface area contributed by atoms with E-state index in [1.54, 1.807) is 13.0 Å². The van der Waals surface area contributed by atoms with E-state index in [2.05, 4.69) is 5.32 Å². The van der Waals surface area contributed by atoms with Gasteiger partial charge in [-0.1, -0.05) is 13.0 Å². The van der Waals surface area contributed by atoms with Crippen molar-refractivity contribution in [2.45, 2.75) is 20.3 Å². The number of carbonyl (C=O) groups excluding carboxylic acids is 3. The smallest absolute Gasteiger partial charge is 0.250 e. The predicted octanol–water partition coefficient (Wildman–Crippen LogP) is -0.172. The molecule has 82 valence electrons. The van der Waals surface area contributed by atoms with E-state index in [0.29, 0.717) is 5.57 Å². The standard InChI is InChI=1S/C10H14N2O3/c1-3-4-7(2)10(15)12-5-8(13)11-9(14)6-12/h4H,3,5-6H2,1-2H3,(H,11,13,14). The average molecular weight is 210 g/mol. The first-order chi connectivity index (χ1) is 7.04. The predicted molar refractivity (Wildman–Crippen MR) is 53.8 cm³/mol. The van der Waals surface area contributed by atoms with Crippen LogP contribution in [0.3, 0.4) is 0 Å². The SMILES string of the molecule is CCC=C(C)C(=O)N1CC(=O)NC(=O)C1. The number of hydrogen-bond donors (Lipinski definition) is 1. The van der Waals surface area contributed by atoms with Crippen LogP contribution in [0.25, 0.3) is 0 Å². The molecular formula is C10H14N2O3. The maximum Gasteiger partial charge on any atom is 0.250 e. The number of amides is 3. The van der Waals surface area contributed by atoms with Gasteiger partial charge in [0.05, 0.1) is 0 Å². The van der Waals surface area contributed by atoms with Crippen molar-refractivity contribution in [3.63, 3.8) is 0 Å². The quantitative estimate of drug-likeness (QED) is 0.508. The van der Waals surface area contributed by atoms with Gasteiger partial charge < -0.3 is 4.90 Å². The molecule has 5 heteroatoms. The zero-order valence-corrected chi connectivity index (χ0v) is 8.87. The third kappa shape index (κ3) is 2.90. The maximum atomic E-state index is 11.7. The summed E-state index contributed by atoms with van der Waals surface area (Å²) in [5.74, 6) is -1.10. The lowest BCUT2D eigenvalue weighted by Crippen LogP contribution is -2.53. The summed E-state index contributed by atoms with van der Waals surface area (Å²) in [4.78, 5) is 35.0. The molecule has 0 unspecified atom stereocenters. The van der Waals surface area contributed by atoms with Crippen molar-refractivity contribution >= 4 is 17.7 Å². The third-order valence-corrected chi connectivity index (χ3v) is 2.08. The van der Waals surface area contributed by atoms with Crippen LogP contribution in [0.15, 0.2) is 11.6 Å². The second kappa shape index (κ2) is 4.72. The summed E-state index contributed by atoms with van der Waals surface area (Å²) in [5.41, 5.74) is 0.569. The van der Waals surface area contributed by atoms with Gasteiger partial charge in [-0.3, -0.25) is 19.7 Å². The van der Waals surface area contributed by atoms with Gasteiger partial charge >= 0.3 is 0 Å². The molecule has 0 aliphatic carbocycles. The first kappa shape index (κ1) is 11.4. The van der Waals surface area contributed by atoms with Gasteiger partial charge in [0.15, 0.2) is 0 Å². The number of nitrogens with one attached hydrogen (secondary N) is 1. The molecule has 1 N–H and O–H groups in total. The number of imide groups is 1. The third-order valence-electron chi connectivity index (χ3n) is 2.08. The fourth-order valence-electron chi connectivity index (χ4n) is 1.42. The van der Waals surface area contributed by atoms with Crippen molar-refractivity contribution in [2.24, 2.45) is 0 Å². The highest BCUT2D eigenvalue weighted by Crippen LogP contribution is 2.04. The minimum absolute atomic E-state index is 0.0422. The highest BCUT2D eigenvalue weighted by Gasteiger charge is 2.26. The van der Waals surface area contributed by atoms with E-state index in [9.17, 15) is 14.4 Å². The summed E-state index contributed by atoms with van der Waals surface area (Å²) in [6, 6.07) is 0. The molecule has 0 spiro atoms. The van der Waals surface area contributed by atoms with Gasteiger partial charge in [-0.15, -0.1) is 0 Å². The molecule has 1 rings (SSSR count). The Kier molecular flexibility index (Phi) is 3.60. The van der Waals surface area contributed by atoms with Crippen LogP contribution >= 0.6 is 0 Å². The van der Waals surface area contributed by atoms with Crippen molar-refractivity contribution in [2.75, 3.05) is 13.1 Å². The first-order valence-electron chi connectivity index (χ1n) is 4.83. The molecule has 3 amide bonds. The molecule has 0 atom stereocenters. The molecule has 15 heavy (non-hydrogen) atoms. The lowest BCUT2D eigenvalue weighted by atomic mass is 10.2. The zero-order chi connectivity index (χ0) is 11.4. The van der Waals surface area contributed by atoms with Crippen molar-refractivity contribution in [3.8, 4) is 0 Å². The van der Waals surface area contributed by atoms with Crippen LogP contribution in [-0.2, 0) is 14.4 Å². The molecule has 0 bridgehead atoms. The normalized spacial score (nSPS) is 17.7. The van der Waals surface area contributed by atoms with Crippen LogP contribution in [0.2, 0.25) is 0 Å². The number of piperazine rings is 1. The van der Waals surface area contributed by atoms with Crippen LogP contribution in [-0.4, -0.2) is 35.7 Å². The summed E-state index contributed by atoms with van der Waals surface area (Å²) in [5, 5.41) is 2.14. The lowest BCUT2D eigenvalue weighted by Gasteiger charge is -2.25. The minimum Gasteiger partial charge on any atom is -0.320 e. The van der Waals surface area contributed by atoms with Gasteiger partial charge in [-0.05, 0) is 13.3 Å². The summed E-state index contributed by atoms with van der Waals surface area (Å²) in [6.07, 6.45) is 2.53. The molecule has 1 heterocycles. The maximum absolute atomic E-state index is 11.7. The number of carbonyl (C=O) groups is 3. The Morgan fingerprint density at radius 1 is 1.40 bits per heavy atom. The molecule has 0 radical (unpaired) electrons. The lowest BCUT2D eigenvalue weighted by molar-refractivity contribution is -0.143. The number of allylic oxidation sites excluding steroid dienone is 1. The molecule has 1 saturated heterocycles. The van der Waals surface area contributed by atoms with Crippen molar-refractivity contribution in [1.82, 2.24) is 10.2 Å². The van der Waals surface area contributed by atoms with E-state index in [1.807, 2.05) is 6.92 Å². The average Bonchev–Trinajstić information content (AvgIpc) is 2.15. The van der Waals surface area contributed by atoms with Gasteiger partial charge in [0.25, 0.3) is 0 Å². The molecule has 0 aromatic heterocycles. The zero-order valence-electron chi connectivity index (χ0n) is 8.87. The Balaban J connectivity index is 2.71. The summed E-state index contributed by atoms with van der Waals surface area (Å²) >= 11 is 0. The molecule has 1 aliphatic rings. The van der Waals surface area contributed by atoms with Crippen molar-refractivity contribution in [3.05, 3.63) is 11.6 Å². The first-order valence-corrected chi connectivity index (χ1v) is 4.83. The molecule has 5 nitrogen and oxygen atoms in total. The van der Waals surface area contributed by atoms with E-state index in [1.165, 1.54) is 4.90 Å². The fraction of sp³-hybridized carbons (Fsp3) is 0.500. The fourth-order valence-corrected chi connectivity index (χ4v) is 1.42. The Hall–Kier alpha value is -1.65. The topological polar surface area (TPSA) is 66.5 Å². The highest BCUT2D eigenvalue weighted by atomic mass is 16.2. The van der Waals surface area contributed by atoms with Crippen LogP contribution < -0.4 is 5.32 Å². The van der Waals surface area contributed by atoms with E-state index < -0.39 is 11.8 Å². The molecule has 0 aromatic carbocycles. The molecule has 1 fully saturated rings. The van der Waals surface area contributed by atoms with Gasteiger partial charge in [0, 0.05) is 5.57 Å². The number of rotatable bonds is 2. The van der Waals surface area contributed by atoms with Crippen LogP contribution in [0.1, 0.15) is 20.3 Å². The van der Waals surface area contributed by atoms with Gasteiger partial charge in [0.1, 0.15) is 13.1 Å². The highest BCUT2D eigenvalue weighted by molar-refractivity contribution is 6.05. The Morgan fingerprint density at radius 3 is 2.40 bits per heavy atom. The summed E-state index contributed by atoms with van der Waals surface area (Å²) in [6.45, 7) is 3.52. The van der Waals surface area contributed by atoms with E-state index >= 15 is 0 Å². The van der Waals surface area contributed by atoms with Crippen LogP contribution in [0.5, 0.6) is 0 Å². The number of hydrogen-bond acceptors (Lipinski definition) is 3. The largest absolute Gasteiger partial charge is 0.320 e. The monoisotopic (exact) mass is 210 g/mol. The van der Waals surface area contributed by atoms with Gasteiger partial charge in [0.2, 0.25) is 17.7 Å². The minimum atomic E-state index is -0.427. The van der Waals surface area contributed by atoms with E-state index in [-0.39, 0.29) is 19.0 Å².